The fourth-order valence-electron chi connectivity index (χ4n) is 2.36. The maximum absolute atomic E-state index is 13.7. The highest BCUT2D eigenvalue weighted by molar-refractivity contribution is 5.90. The molecule has 4 nitrogen and oxygen atoms in total. The highest BCUT2D eigenvalue weighted by Gasteiger charge is 2.16. The van der Waals surface area contributed by atoms with Gasteiger partial charge in [-0.1, -0.05) is 23.8 Å². The highest BCUT2D eigenvalue weighted by Crippen LogP contribution is 2.26. The Balaban J connectivity index is 1.62. The zero-order valence-electron chi connectivity index (χ0n) is 13.6. The molecule has 25 heavy (non-hydrogen) atoms. The first kappa shape index (κ1) is 16.8. The Bertz CT molecular complexity index is 868. The molecule has 3 rings (SSSR count). The van der Waals surface area contributed by atoms with Gasteiger partial charge in [0.25, 0.3) is 0 Å². The highest BCUT2D eigenvalue weighted by atomic mass is 19.1. The topological polar surface area (TPSA) is 55.1 Å². The summed E-state index contributed by atoms with van der Waals surface area (Å²) in [6.45, 7) is 1.96. The molecule has 0 saturated carbocycles. The molecule has 1 aromatic heterocycles. The van der Waals surface area contributed by atoms with E-state index in [4.69, 9.17) is 4.42 Å². The molecule has 0 aliphatic heterocycles. The Kier molecular flexibility index (Phi) is 4.88. The molecule has 0 aliphatic rings. The SMILES string of the molecule is Cc1ccc(NC(=O)CCc2ncc(-c3c(F)cccc3F)o2)cc1. The number of nitrogens with zero attached hydrogens (tertiary/aromatic N) is 1. The smallest absolute Gasteiger partial charge is 0.224 e. The molecule has 0 bridgehead atoms. The summed E-state index contributed by atoms with van der Waals surface area (Å²) in [6.07, 6.45) is 1.63. The van der Waals surface area contributed by atoms with Crippen LogP contribution in [0.5, 0.6) is 0 Å². The molecule has 1 amide bonds. The maximum atomic E-state index is 13.7. The molecule has 128 valence electrons. The van der Waals surface area contributed by atoms with E-state index in [1.165, 1.54) is 12.3 Å². The molecule has 3 aromatic rings. The van der Waals surface area contributed by atoms with E-state index < -0.39 is 11.6 Å². The molecule has 0 aliphatic carbocycles. The molecule has 0 radical (unpaired) electrons. The minimum atomic E-state index is -0.722. The third-order valence-electron chi connectivity index (χ3n) is 3.66. The van der Waals surface area contributed by atoms with Crippen LogP contribution in [0.4, 0.5) is 14.5 Å². The van der Waals surface area contributed by atoms with Gasteiger partial charge in [0, 0.05) is 18.5 Å². The summed E-state index contributed by atoms with van der Waals surface area (Å²) in [5.41, 5.74) is 1.55. The fraction of sp³-hybridized carbons (Fsp3) is 0.158. The van der Waals surface area contributed by atoms with Crippen LogP contribution in [0.2, 0.25) is 0 Å². The largest absolute Gasteiger partial charge is 0.441 e. The average molecular weight is 342 g/mol. The predicted octanol–water partition coefficient (Wildman–Crippen LogP) is 4.50. The molecule has 0 saturated heterocycles. The number of hydrogen-bond acceptors (Lipinski definition) is 3. The molecule has 1 N–H and O–H groups in total. The van der Waals surface area contributed by atoms with E-state index in [-0.39, 0.29) is 36.0 Å². The number of amides is 1. The normalized spacial score (nSPS) is 10.7. The number of hydrogen-bond donors (Lipinski definition) is 1. The van der Waals surface area contributed by atoms with Crippen LogP contribution in [0.1, 0.15) is 17.9 Å². The van der Waals surface area contributed by atoms with Crippen LogP contribution in [0.15, 0.2) is 53.1 Å². The number of nitrogens with one attached hydrogen (secondary N) is 1. The Morgan fingerprint density at radius 1 is 1.12 bits per heavy atom. The average Bonchev–Trinajstić information content (AvgIpc) is 3.04. The first-order valence-corrected chi connectivity index (χ1v) is 7.78. The summed E-state index contributed by atoms with van der Waals surface area (Å²) >= 11 is 0. The van der Waals surface area contributed by atoms with Gasteiger partial charge in [-0.2, -0.15) is 0 Å². The lowest BCUT2D eigenvalue weighted by molar-refractivity contribution is -0.116. The molecule has 0 fully saturated rings. The van der Waals surface area contributed by atoms with Crippen LogP contribution in [0.3, 0.4) is 0 Å². The van der Waals surface area contributed by atoms with Crippen molar-refractivity contribution in [1.82, 2.24) is 4.98 Å². The second-order valence-corrected chi connectivity index (χ2v) is 5.63. The number of aryl methyl sites for hydroxylation is 2. The number of rotatable bonds is 5. The molecule has 2 aromatic carbocycles. The van der Waals surface area contributed by atoms with Crippen LogP contribution in [0, 0.1) is 18.6 Å². The van der Waals surface area contributed by atoms with Gasteiger partial charge < -0.3 is 9.73 Å². The second kappa shape index (κ2) is 7.25. The van der Waals surface area contributed by atoms with Gasteiger partial charge in [0.2, 0.25) is 5.91 Å². The monoisotopic (exact) mass is 342 g/mol. The third kappa shape index (κ3) is 4.09. The Morgan fingerprint density at radius 3 is 2.48 bits per heavy atom. The van der Waals surface area contributed by atoms with Crippen molar-refractivity contribution < 1.29 is 18.0 Å². The van der Waals surface area contributed by atoms with Gasteiger partial charge in [-0.3, -0.25) is 4.79 Å². The lowest BCUT2D eigenvalue weighted by Gasteiger charge is -2.04. The van der Waals surface area contributed by atoms with E-state index in [0.29, 0.717) is 5.69 Å². The van der Waals surface area contributed by atoms with Crippen molar-refractivity contribution in [1.29, 1.82) is 0 Å². The van der Waals surface area contributed by atoms with Crippen molar-refractivity contribution in [3.8, 4) is 11.3 Å². The molecule has 0 unspecified atom stereocenters. The summed E-state index contributed by atoms with van der Waals surface area (Å²) < 4.78 is 32.9. The summed E-state index contributed by atoms with van der Waals surface area (Å²) in [7, 11) is 0. The minimum absolute atomic E-state index is 0.00421. The van der Waals surface area contributed by atoms with Gasteiger partial charge >= 0.3 is 0 Å². The minimum Gasteiger partial charge on any atom is -0.441 e. The van der Waals surface area contributed by atoms with E-state index in [1.807, 2.05) is 31.2 Å². The summed E-state index contributed by atoms with van der Waals surface area (Å²) in [4.78, 5) is 15.9. The number of anilines is 1. The standard InChI is InChI=1S/C19H16F2N2O2/c1-12-5-7-13(8-6-12)23-17(24)9-10-18-22-11-16(25-18)19-14(20)3-2-4-15(19)21/h2-8,11H,9-10H2,1H3,(H,23,24). The van der Waals surface area contributed by atoms with Crippen LogP contribution in [-0.2, 0) is 11.2 Å². The number of aromatic nitrogens is 1. The Labute approximate surface area is 143 Å². The van der Waals surface area contributed by atoms with Crippen LogP contribution < -0.4 is 5.32 Å². The molecular formula is C19H16F2N2O2. The van der Waals surface area contributed by atoms with E-state index in [9.17, 15) is 13.6 Å². The van der Waals surface area contributed by atoms with Crippen LogP contribution in [-0.4, -0.2) is 10.9 Å². The lowest BCUT2D eigenvalue weighted by atomic mass is 10.1. The molecule has 6 heteroatoms. The maximum Gasteiger partial charge on any atom is 0.224 e. The zero-order chi connectivity index (χ0) is 17.8. The van der Waals surface area contributed by atoms with Crippen LogP contribution in [0.25, 0.3) is 11.3 Å². The number of benzene rings is 2. The number of carbonyl (C=O) groups excluding carboxylic acids is 1. The lowest BCUT2D eigenvalue weighted by Crippen LogP contribution is -2.12. The number of oxazole rings is 1. The second-order valence-electron chi connectivity index (χ2n) is 5.63. The summed E-state index contributed by atoms with van der Waals surface area (Å²) in [6, 6.07) is 11.0. The zero-order valence-corrected chi connectivity index (χ0v) is 13.6. The van der Waals surface area contributed by atoms with E-state index >= 15 is 0 Å². The van der Waals surface area contributed by atoms with Gasteiger partial charge in [0.1, 0.15) is 11.6 Å². The third-order valence-corrected chi connectivity index (χ3v) is 3.66. The van der Waals surface area contributed by atoms with Gasteiger partial charge in [-0.25, -0.2) is 13.8 Å². The van der Waals surface area contributed by atoms with Crippen molar-refractivity contribution in [2.45, 2.75) is 19.8 Å². The number of carbonyl (C=O) groups is 1. The van der Waals surface area contributed by atoms with Crippen molar-refractivity contribution in [2.24, 2.45) is 0 Å². The quantitative estimate of drug-likeness (QED) is 0.743. The molecule has 0 spiro atoms. The first-order chi connectivity index (χ1) is 12.0. The summed E-state index contributed by atoms with van der Waals surface area (Å²) in [5, 5.41) is 2.77. The van der Waals surface area contributed by atoms with Crippen LogP contribution >= 0.6 is 0 Å². The van der Waals surface area contributed by atoms with E-state index in [1.54, 1.807) is 0 Å². The number of halogens is 2. The van der Waals surface area contributed by atoms with Crippen molar-refractivity contribution in [3.05, 3.63) is 71.8 Å². The van der Waals surface area contributed by atoms with Gasteiger partial charge in [0.05, 0.1) is 11.8 Å². The predicted molar refractivity (Wildman–Crippen MR) is 90.0 cm³/mol. The Morgan fingerprint density at radius 2 is 1.80 bits per heavy atom. The molecular weight excluding hydrogens is 326 g/mol. The van der Waals surface area contributed by atoms with E-state index in [0.717, 1.165) is 17.7 Å². The molecule has 0 atom stereocenters. The summed E-state index contributed by atoms with van der Waals surface area (Å²) in [5.74, 6) is -1.39. The van der Waals surface area contributed by atoms with Gasteiger partial charge in [-0.15, -0.1) is 0 Å². The van der Waals surface area contributed by atoms with E-state index in [2.05, 4.69) is 10.3 Å². The van der Waals surface area contributed by atoms with Gasteiger partial charge in [-0.05, 0) is 31.2 Å². The van der Waals surface area contributed by atoms with Crippen molar-refractivity contribution >= 4 is 11.6 Å². The Hall–Kier alpha value is -3.02. The van der Waals surface area contributed by atoms with Crippen molar-refractivity contribution in [3.63, 3.8) is 0 Å². The van der Waals surface area contributed by atoms with Crippen molar-refractivity contribution in [2.75, 3.05) is 5.32 Å². The molecule has 1 heterocycles. The fourth-order valence-corrected chi connectivity index (χ4v) is 2.36. The van der Waals surface area contributed by atoms with Gasteiger partial charge in [0.15, 0.2) is 11.7 Å². The first-order valence-electron chi connectivity index (χ1n) is 7.78.